The van der Waals surface area contributed by atoms with Gasteiger partial charge in [0.05, 0.1) is 5.69 Å². The van der Waals surface area contributed by atoms with Gasteiger partial charge in [-0.1, -0.05) is 18.2 Å². The van der Waals surface area contributed by atoms with Gasteiger partial charge in [0.1, 0.15) is 11.6 Å². The lowest BCUT2D eigenvalue weighted by atomic mass is 10.1. The molecular weight excluding hydrogens is 314 g/mol. The second-order valence-electron chi connectivity index (χ2n) is 5.09. The van der Waals surface area contributed by atoms with Gasteiger partial charge in [-0.3, -0.25) is 9.59 Å². The van der Waals surface area contributed by atoms with Crippen LogP contribution in [0, 0.1) is 11.6 Å². The van der Waals surface area contributed by atoms with Crippen LogP contribution < -0.4 is 10.9 Å². The van der Waals surface area contributed by atoms with Gasteiger partial charge >= 0.3 is 0 Å². The normalized spacial score (nSPS) is 11.1. The topological polar surface area (TPSA) is 62.0 Å². The Balaban J connectivity index is 1.81. The van der Waals surface area contributed by atoms with Gasteiger partial charge in [-0.25, -0.2) is 8.78 Å². The largest absolute Gasteiger partial charge is 0.321 e. The summed E-state index contributed by atoms with van der Waals surface area (Å²) in [5.74, 6) is -2.24. The molecule has 0 aliphatic rings. The Morgan fingerprint density at radius 2 is 1.88 bits per heavy atom. The lowest BCUT2D eigenvalue weighted by Gasteiger charge is -2.03. The molecule has 3 aromatic rings. The Bertz CT molecular complexity index is 1010. The molecule has 120 valence electrons. The van der Waals surface area contributed by atoms with Crippen molar-refractivity contribution in [2.75, 3.05) is 5.32 Å². The molecule has 0 bridgehead atoms. The molecule has 0 radical (unpaired) electrons. The van der Waals surface area contributed by atoms with E-state index >= 15 is 0 Å². The van der Waals surface area contributed by atoms with Gasteiger partial charge < -0.3 is 10.3 Å². The van der Waals surface area contributed by atoms with Crippen molar-refractivity contribution in [3.05, 3.63) is 82.2 Å². The van der Waals surface area contributed by atoms with E-state index in [2.05, 4.69) is 10.3 Å². The molecule has 0 aliphatic carbocycles. The number of hydrogen-bond donors (Lipinski definition) is 2. The van der Waals surface area contributed by atoms with Crippen LogP contribution >= 0.6 is 0 Å². The number of hydrogen-bond acceptors (Lipinski definition) is 2. The second kappa shape index (κ2) is 6.45. The quantitative estimate of drug-likeness (QED) is 0.724. The Kier molecular flexibility index (Phi) is 4.20. The highest BCUT2D eigenvalue weighted by Gasteiger charge is 2.06. The van der Waals surface area contributed by atoms with E-state index < -0.39 is 17.5 Å². The predicted octanol–water partition coefficient (Wildman–Crippen LogP) is 3.46. The zero-order valence-corrected chi connectivity index (χ0v) is 12.3. The van der Waals surface area contributed by atoms with Gasteiger partial charge in [0.25, 0.3) is 5.56 Å². The van der Waals surface area contributed by atoms with Gasteiger partial charge in [0.15, 0.2) is 0 Å². The van der Waals surface area contributed by atoms with E-state index in [9.17, 15) is 18.4 Å². The van der Waals surface area contributed by atoms with Crippen LogP contribution in [0.25, 0.3) is 17.0 Å². The van der Waals surface area contributed by atoms with E-state index in [-0.39, 0.29) is 11.2 Å². The molecule has 0 saturated heterocycles. The number of rotatable bonds is 3. The first-order chi connectivity index (χ1) is 11.5. The fourth-order valence-electron chi connectivity index (χ4n) is 2.22. The first-order valence-corrected chi connectivity index (χ1v) is 7.09. The van der Waals surface area contributed by atoms with Crippen molar-refractivity contribution in [2.24, 2.45) is 0 Å². The van der Waals surface area contributed by atoms with Crippen molar-refractivity contribution in [2.45, 2.75) is 0 Å². The number of para-hydroxylation sites is 1. The molecule has 1 aromatic heterocycles. The monoisotopic (exact) mass is 326 g/mol. The van der Waals surface area contributed by atoms with Crippen molar-refractivity contribution < 1.29 is 13.6 Å². The summed E-state index contributed by atoms with van der Waals surface area (Å²) in [5, 5.41) is 3.11. The average Bonchev–Trinajstić information content (AvgIpc) is 2.55. The number of aromatic amines is 1. The molecule has 1 heterocycles. The minimum atomic E-state index is -0.875. The van der Waals surface area contributed by atoms with Crippen molar-refractivity contribution in [3.8, 4) is 0 Å². The number of amides is 1. The molecule has 24 heavy (non-hydrogen) atoms. The Hall–Kier alpha value is -3.28. The molecule has 2 aromatic carbocycles. The van der Waals surface area contributed by atoms with Crippen LogP contribution in [0.5, 0.6) is 0 Å². The molecule has 0 saturated carbocycles. The maximum Gasteiger partial charge on any atom is 0.255 e. The second-order valence-corrected chi connectivity index (χ2v) is 5.09. The van der Waals surface area contributed by atoms with E-state index in [1.807, 2.05) is 12.1 Å². The maximum absolute atomic E-state index is 13.5. The van der Waals surface area contributed by atoms with Crippen molar-refractivity contribution >= 4 is 28.6 Å². The Morgan fingerprint density at radius 3 is 2.67 bits per heavy atom. The zero-order chi connectivity index (χ0) is 17.1. The zero-order valence-electron chi connectivity index (χ0n) is 12.3. The molecule has 2 N–H and O–H groups in total. The SMILES string of the molecule is O=C(/C=C/c1cc2ccccc2[nH]c1=O)Nc1ccc(F)cc1F. The number of aromatic nitrogens is 1. The van der Waals surface area contributed by atoms with Crippen molar-refractivity contribution in [1.82, 2.24) is 4.98 Å². The molecule has 1 amide bonds. The first kappa shape index (κ1) is 15.6. The summed E-state index contributed by atoms with van der Waals surface area (Å²) in [6.45, 7) is 0. The number of pyridine rings is 1. The average molecular weight is 326 g/mol. The van der Waals surface area contributed by atoms with Crippen molar-refractivity contribution in [3.63, 3.8) is 0 Å². The number of fused-ring (bicyclic) bond motifs is 1. The number of nitrogens with one attached hydrogen (secondary N) is 2. The predicted molar refractivity (Wildman–Crippen MR) is 88.6 cm³/mol. The van der Waals surface area contributed by atoms with E-state index in [0.717, 1.165) is 23.6 Å². The van der Waals surface area contributed by atoms with Crippen molar-refractivity contribution in [1.29, 1.82) is 0 Å². The molecule has 3 rings (SSSR count). The van der Waals surface area contributed by atoms with Crippen LogP contribution in [0.4, 0.5) is 14.5 Å². The third kappa shape index (κ3) is 3.38. The minimum absolute atomic E-state index is 0.140. The first-order valence-electron chi connectivity index (χ1n) is 7.09. The van der Waals surface area contributed by atoms with E-state index in [1.165, 1.54) is 6.08 Å². The smallest absolute Gasteiger partial charge is 0.255 e. The number of benzene rings is 2. The lowest BCUT2D eigenvalue weighted by molar-refractivity contribution is -0.111. The fourth-order valence-corrected chi connectivity index (χ4v) is 2.22. The molecule has 0 spiro atoms. The van der Waals surface area contributed by atoms with Crippen LogP contribution in [0.2, 0.25) is 0 Å². The third-order valence-corrected chi connectivity index (χ3v) is 3.39. The van der Waals surface area contributed by atoms with Gasteiger partial charge in [-0.2, -0.15) is 0 Å². The molecule has 0 aliphatic heterocycles. The highest BCUT2D eigenvalue weighted by Crippen LogP contribution is 2.15. The summed E-state index contributed by atoms with van der Waals surface area (Å²) >= 11 is 0. The minimum Gasteiger partial charge on any atom is -0.321 e. The van der Waals surface area contributed by atoms with Crippen LogP contribution in [0.15, 0.2) is 59.4 Å². The summed E-state index contributed by atoms with van der Waals surface area (Å²) < 4.78 is 26.3. The Labute approximate surface area is 135 Å². The van der Waals surface area contributed by atoms with Gasteiger partial charge in [0, 0.05) is 23.2 Å². The Morgan fingerprint density at radius 1 is 1.08 bits per heavy atom. The highest BCUT2D eigenvalue weighted by atomic mass is 19.1. The third-order valence-electron chi connectivity index (χ3n) is 3.39. The molecule has 4 nitrogen and oxygen atoms in total. The molecule has 0 atom stereocenters. The molecular formula is C18H12F2N2O2. The standard InChI is InChI=1S/C18H12F2N2O2/c19-13-6-7-16(14(20)10-13)21-17(23)8-5-12-9-11-3-1-2-4-15(11)22-18(12)24/h1-10H,(H,21,23)(H,22,24)/b8-5+. The van der Waals surface area contributed by atoms with Crippen LogP contribution in [-0.4, -0.2) is 10.9 Å². The van der Waals surface area contributed by atoms with Crippen LogP contribution in [-0.2, 0) is 4.79 Å². The summed E-state index contributed by atoms with van der Waals surface area (Å²) in [4.78, 5) is 26.5. The number of carbonyl (C=O) groups is 1. The number of carbonyl (C=O) groups excluding carboxylic acids is 1. The van der Waals surface area contributed by atoms with E-state index in [4.69, 9.17) is 0 Å². The number of H-pyrrole nitrogens is 1. The molecule has 0 unspecified atom stereocenters. The maximum atomic E-state index is 13.5. The van der Waals surface area contributed by atoms with Gasteiger partial charge in [-0.15, -0.1) is 0 Å². The van der Waals surface area contributed by atoms with Gasteiger partial charge in [-0.05, 0) is 35.7 Å². The van der Waals surface area contributed by atoms with Gasteiger partial charge in [0.2, 0.25) is 5.91 Å². The number of halogens is 2. The summed E-state index contributed by atoms with van der Waals surface area (Å²) in [6, 6.07) is 11.7. The highest BCUT2D eigenvalue weighted by molar-refractivity contribution is 6.02. The van der Waals surface area contributed by atoms with Crippen LogP contribution in [0.3, 0.4) is 0 Å². The van der Waals surface area contributed by atoms with Crippen LogP contribution in [0.1, 0.15) is 5.56 Å². The van der Waals surface area contributed by atoms with E-state index in [1.54, 1.807) is 18.2 Å². The summed E-state index contributed by atoms with van der Waals surface area (Å²) in [6.07, 6.45) is 2.45. The summed E-state index contributed by atoms with van der Waals surface area (Å²) in [5.41, 5.74) is 0.505. The number of anilines is 1. The molecule has 0 fully saturated rings. The lowest BCUT2D eigenvalue weighted by Crippen LogP contribution is -2.11. The van der Waals surface area contributed by atoms with E-state index in [0.29, 0.717) is 17.1 Å². The fraction of sp³-hybridized carbons (Fsp3) is 0. The summed E-state index contributed by atoms with van der Waals surface area (Å²) in [7, 11) is 0. The molecule has 6 heteroatoms.